The van der Waals surface area contributed by atoms with Crippen molar-refractivity contribution >= 4 is 86.2 Å². The summed E-state index contributed by atoms with van der Waals surface area (Å²) in [6, 6.07) is 104. The van der Waals surface area contributed by atoms with E-state index >= 15 is 0 Å². The first-order valence-corrected chi connectivity index (χ1v) is 25.7. The van der Waals surface area contributed by atoms with Gasteiger partial charge in [-0.25, -0.2) is 0 Å². The molecule has 0 amide bonds. The van der Waals surface area contributed by atoms with Crippen molar-refractivity contribution in [1.29, 1.82) is 0 Å². The molecular formula is C74H46. The zero-order chi connectivity index (χ0) is 48.7. The predicted octanol–water partition coefficient (Wildman–Crippen LogP) is 20.9. The molecule has 0 N–H and O–H groups in total. The molecule has 0 nitrogen and oxygen atoms in total. The zero-order valence-corrected chi connectivity index (χ0v) is 40.6. The van der Waals surface area contributed by atoms with Crippen LogP contribution in [-0.2, 0) is 0 Å². The van der Waals surface area contributed by atoms with Gasteiger partial charge < -0.3 is 0 Å². The third-order valence-corrected chi connectivity index (χ3v) is 15.8. The second-order valence-electron chi connectivity index (χ2n) is 19.8. The lowest BCUT2D eigenvalue weighted by Crippen LogP contribution is -1.92. The molecule has 0 aromatic heterocycles. The maximum absolute atomic E-state index is 2.40. The lowest BCUT2D eigenvalue weighted by molar-refractivity contribution is 1.65. The Morgan fingerprint density at radius 2 is 0.284 bits per heavy atom. The SMILES string of the molecule is c1ccc(-c2c3ccccc3c(-c3ccc4cc(-c5c6ccccc6c(-c6ccc7cc(-c8c9ccccc9c(-c9ccccc9)c9ccccc89)ccc7c6)c6ccccc56)ccc4c3)c3ccccc23)cc1. The molecule has 0 aliphatic rings. The van der Waals surface area contributed by atoms with Gasteiger partial charge in [0.15, 0.2) is 0 Å². The topological polar surface area (TPSA) is 0 Å². The van der Waals surface area contributed by atoms with Gasteiger partial charge >= 0.3 is 0 Å². The fourth-order valence-corrected chi connectivity index (χ4v) is 12.6. The van der Waals surface area contributed by atoms with Gasteiger partial charge in [0.05, 0.1) is 0 Å². The first kappa shape index (κ1) is 42.1. The van der Waals surface area contributed by atoms with E-state index in [4.69, 9.17) is 0 Å². The Labute approximate surface area is 429 Å². The van der Waals surface area contributed by atoms with Gasteiger partial charge in [0.2, 0.25) is 0 Å². The maximum atomic E-state index is 2.40. The van der Waals surface area contributed by atoms with Crippen molar-refractivity contribution in [3.63, 3.8) is 0 Å². The van der Waals surface area contributed by atoms with Gasteiger partial charge in [0, 0.05) is 0 Å². The van der Waals surface area contributed by atoms with Crippen molar-refractivity contribution in [2.75, 3.05) is 0 Å². The molecular weight excluding hydrogens is 889 g/mol. The summed E-state index contributed by atoms with van der Waals surface area (Å²) in [4.78, 5) is 0. The summed E-state index contributed by atoms with van der Waals surface area (Å²) in [5, 5.41) is 20.0. The van der Waals surface area contributed by atoms with Crippen LogP contribution < -0.4 is 0 Å². The molecule has 0 bridgehead atoms. The Hall–Kier alpha value is -9.62. The van der Waals surface area contributed by atoms with E-state index in [0.717, 1.165) is 0 Å². The summed E-state index contributed by atoms with van der Waals surface area (Å²) in [5.74, 6) is 0. The summed E-state index contributed by atoms with van der Waals surface area (Å²) in [7, 11) is 0. The van der Waals surface area contributed by atoms with Crippen LogP contribution in [0.4, 0.5) is 0 Å². The highest BCUT2D eigenvalue weighted by molar-refractivity contribution is 6.25. The first-order chi connectivity index (χ1) is 36.7. The van der Waals surface area contributed by atoms with Gasteiger partial charge in [-0.1, -0.05) is 255 Å². The second kappa shape index (κ2) is 17.0. The molecule has 0 unspecified atom stereocenters. The van der Waals surface area contributed by atoms with Crippen molar-refractivity contribution in [2.24, 2.45) is 0 Å². The predicted molar refractivity (Wildman–Crippen MR) is 319 cm³/mol. The smallest absolute Gasteiger partial charge is 0.00262 e. The summed E-state index contributed by atoms with van der Waals surface area (Å²) >= 11 is 0. The van der Waals surface area contributed by atoms with Crippen molar-refractivity contribution < 1.29 is 0 Å². The van der Waals surface area contributed by atoms with Crippen LogP contribution in [0.5, 0.6) is 0 Å². The van der Waals surface area contributed by atoms with Gasteiger partial charge in [-0.15, -0.1) is 0 Å². The second-order valence-corrected chi connectivity index (χ2v) is 19.8. The number of fused-ring (bicyclic) bond motifs is 8. The molecule has 0 saturated heterocycles. The first-order valence-electron chi connectivity index (χ1n) is 25.7. The molecule has 342 valence electrons. The van der Waals surface area contributed by atoms with E-state index in [-0.39, 0.29) is 0 Å². The fourth-order valence-electron chi connectivity index (χ4n) is 12.6. The van der Waals surface area contributed by atoms with Gasteiger partial charge in [0.1, 0.15) is 0 Å². The average molecular weight is 935 g/mol. The highest BCUT2D eigenvalue weighted by Crippen LogP contribution is 2.48. The summed E-state index contributed by atoms with van der Waals surface area (Å²) in [6.45, 7) is 0. The summed E-state index contributed by atoms with van der Waals surface area (Å²) in [6.07, 6.45) is 0. The van der Waals surface area contributed by atoms with Crippen LogP contribution in [0.1, 0.15) is 0 Å². The van der Waals surface area contributed by atoms with Crippen molar-refractivity contribution in [2.45, 2.75) is 0 Å². The molecule has 74 heavy (non-hydrogen) atoms. The quantitative estimate of drug-likeness (QED) is 0.146. The molecule has 0 fully saturated rings. The Balaban J connectivity index is 0.848. The minimum absolute atomic E-state index is 1.22. The minimum Gasteiger partial charge on any atom is -0.0622 e. The number of benzene rings is 15. The van der Waals surface area contributed by atoms with Crippen LogP contribution in [0.3, 0.4) is 0 Å². The molecule has 0 aliphatic carbocycles. The van der Waals surface area contributed by atoms with Crippen molar-refractivity contribution in [3.05, 3.63) is 279 Å². The maximum Gasteiger partial charge on any atom is -0.00262 e. The van der Waals surface area contributed by atoms with Crippen molar-refractivity contribution in [1.82, 2.24) is 0 Å². The van der Waals surface area contributed by atoms with E-state index in [1.807, 2.05) is 0 Å². The zero-order valence-electron chi connectivity index (χ0n) is 40.6. The monoisotopic (exact) mass is 934 g/mol. The lowest BCUT2D eigenvalue weighted by Gasteiger charge is -2.19. The van der Waals surface area contributed by atoms with Crippen LogP contribution in [0.15, 0.2) is 279 Å². The van der Waals surface area contributed by atoms with E-state index in [0.29, 0.717) is 0 Å². The normalized spacial score (nSPS) is 11.8. The Morgan fingerprint density at radius 3 is 0.473 bits per heavy atom. The van der Waals surface area contributed by atoms with Crippen LogP contribution in [0.25, 0.3) is 153 Å². The molecule has 0 saturated carbocycles. The standard InChI is InChI=1S/C74H46/c1-3-19-47(20-4-1)69-57-23-7-11-27-61(57)71(62-28-12-8-24-58(62)69)53-39-35-51-45-55(41-37-49(51)43-53)73-65-31-15-17-33-67(65)74(68-34-18-16-32-66(68)73)56-42-38-50-44-54(40-36-52(50)46-56)72-63-29-13-9-25-59(63)70(48-21-5-2-6-22-48)60-26-10-14-30-64(60)72/h1-46H. The number of hydrogen-bond donors (Lipinski definition) is 0. The van der Waals surface area contributed by atoms with Crippen LogP contribution >= 0.6 is 0 Å². The van der Waals surface area contributed by atoms with Crippen molar-refractivity contribution in [3.8, 4) is 66.8 Å². The molecule has 0 aliphatic heterocycles. The molecule has 15 aromatic rings. The lowest BCUT2D eigenvalue weighted by atomic mass is 9.84. The molecule has 0 heterocycles. The largest absolute Gasteiger partial charge is 0.0622 e. The van der Waals surface area contributed by atoms with E-state index in [2.05, 4.69) is 279 Å². The molecule has 15 aromatic carbocycles. The number of hydrogen-bond acceptors (Lipinski definition) is 0. The molecule has 0 heteroatoms. The Bertz CT molecular complexity index is 4280. The Kier molecular flexibility index (Phi) is 9.68. The van der Waals surface area contributed by atoms with Gasteiger partial charge in [-0.2, -0.15) is 0 Å². The fraction of sp³-hybridized carbons (Fsp3) is 0. The third kappa shape index (κ3) is 6.62. The molecule has 0 spiro atoms. The number of rotatable bonds is 6. The van der Waals surface area contributed by atoms with E-state index in [1.54, 1.807) is 0 Å². The van der Waals surface area contributed by atoms with Gasteiger partial charge in [-0.3, -0.25) is 0 Å². The highest BCUT2D eigenvalue weighted by atomic mass is 14.2. The summed E-state index contributed by atoms with van der Waals surface area (Å²) in [5.41, 5.74) is 15.0. The van der Waals surface area contributed by atoms with Crippen LogP contribution in [-0.4, -0.2) is 0 Å². The Morgan fingerprint density at radius 1 is 0.122 bits per heavy atom. The average Bonchev–Trinajstić information content (AvgIpc) is 3.47. The van der Waals surface area contributed by atoms with E-state index in [9.17, 15) is 0 Å². The van der Waals surface area contributed by atoms with Crippen LogP contribution in [0, 0.1) is 0 Å². The molecule has 0 atom stereocenters. The highest BCUT2D eigenvalue weighted by Gasteiger charge is 2.21. The molecule has 15 rings (SSSR count). The summed E-state index contributed by atoms with van der Waals surface area (Å²) < 4.78 is 0. The third-order valence-electron chi connectivity index (χ3n) is 15.8. The van der Waals surface area contributed by atoms with E-state index < -0.39 is 0 Å². The van der Waals surface area contributed by atoms with E-state index in [1.165, 1.54) is 153 Å². The van der Waals surface area contributed by atoms with Gasteiger partial charge in [-0.05, 0) is 177 Å². The molecule has 0 radical (unpaired) electrons. The van der Waals surface area contributed by atoms with Gasteiger partial charge in [0.25, 0.3) is 0 Å². The van der Waals surface area contributed by atoms with Crippen LogP contribution in [0.2, 0.25) is 0 Å². The minimum atomic E-state index is 1.22.